The summed E-state index contributed by atoms with van der Waals surface area (Å²) < 4.78 is 6.02. The molecule has 2 unspecified atom stereocenters. The van der Waals surface area contributed by atoms with Gasteiger partial charge in [0.2, 0.25) is 0 Å². The van der Waals surface area contributed by atoms with E-state index in [4.69, 9.17) is 16.3 Å². The predicted molar refractivity (Wildman–Crippen MR) is 78.6 cm³/mol. The molecular formula is C16H18ClNO. The van der Waals surface area contributed by atoms with Gasteiger partial charge in [-0.3, -0.25) is 4.98 Å². The molecule has 0 radical (unpaired) electrons. The van der Waals surface area contributed by atoms with Gasteiger partial charge in [-0.05, 0) is 37.5 Å². The average Bonchev–Trinajstić information content (AvgIpc) is 2.46. The van der Waals surface area contributed by atoms with E-state index >= 15 is 0 Å². The molecule has 1 fully saturated rings. The second-order valence-corrected chi connectivity index (χ2v) is 5.53. The number of pyridine rings is 1. The largest absolute Gasteiger partial charge is 0.373 e. The lowest BCUT2D eigenvalue weighted by Gasteiger charge is -2.31. The Bertz CT molecular complexity index is 584. The Morgan fingerprint density at radius 2 is 2.21 bits per heavy atom. The minimum absolute atomic E-state index is 0.109. The zero-order valence-corrected chi connectivity index (χ0v) is 11.9. The highest BCUT2D eigenvalue weighted by atomic mass is 35.5. The van der Waals surface area contributed by atoms with Crippen LogP contribution in [0.15, 0.2) is 30.3 Å². The van der Waals surface area contributed by atoms with Crippen molar-refractivity contribution < 1.29 is 4.74 Å². The maximum Gasteiger partial charge on any atom is 0.0871 e. The SMILES string of the molecule is Cc1cc(C2OCCCC2CCl)c2ccccc2n1. The lowest BCUT2D eigenvalue weighted by molar-refractivity contribution is -0.0199. The van der Waals surface area contributed by atoms with Gasteiger partial charge < -0.3 is 4.74 Å². The van der Waals surface area contributed by atoms with Crippen molar-refractivity contribution in [2.75, 3.05) is 12.5 Å². The second kappa shape index (κ2) is 5.48. The number of aryl methyl sites for hydroxylation is 1. The fourth-order valence-corrected chi connectivity index (χ4v) is 3.24. The quantitative estimate of drug-likeness (QED) is 0.765. The van der Waals surface area contributed by atoms with E-state index in [0.29, 0.717) is 11.8 Å². The van der Waals surface area contributed by atoms with Crippen LogP contribution in [0.4, 0.5) is 0 Å². The first-order chi connectivity index (χ1) is 9.29. The van der Waals surface area contributed by atoms with Crippen molar-refractivity contribution >= 4 is 22.5 Å². The fourth-order valence-electron chi connectivity index (χ4n) is 2.92. The zero-order chi connectivity index (χ0) is 13.2. The van der Waals surface area contributed by atoms with Crippen LogP contribution in [0.3, 0.4) is 0 Å². The lowest BCUT2D eigenvalue weighted by atomic mass is 9.89. The van der Waals surface area contributed by atoms with E-state index in [2.05, 4.69) is 29.2 Å². The normalized spacial score (nSPS) is 23.7. The van der Waals surface area contributed by atoms with Crippen LogP contribution >= 0.6 is 11.6 Å². The maximum atomic E-state index is 6.12. The highest BCUT2D eigenvalue weighted by molar-refractivity contribution is 6.18. The minimum atomic E-state index is 0.109. The molecule has 1 aliphatic heterocycles. The first-order valence-electron chi connectivity index (χ1n) is 6.83. The molecule has 2 aromatic rings. The standard InChI is InChI=1S/C16H18ClNO/c1-11-9-14(13-6-2-3-7-15(13)18-11)16-12(10-17)5-4-8-19-16/h2-3,6-7,9,12,16H,4-5,8,10H2,1H3. The highest BCUT2D eigenvalue weighted by Crippen LogP contribution is 2.37. The first kappa shape index (κ1) is 12.9. The fraction of sp³-hybridized carbons (Fsp3) is 0.438. The number of ether oxygens (including phenoxy) is 1. The third-order valence-corrected chi connectivity index (χ3v) is 4.22. The molecule has 1 aromatic heterocycles. The van der Waals surface area contributed by atoms with Crippen LogP contribution in [0.5, 0.6) is 0 Å². The molecule has 1 saturated heterocycles. The number of nitrogens with zero attached hydrogens (tertiary/aromatic N) is 1. The van der Waals surface area contributed by atoms with E-state index < -0.39 is 0 Å². The minimum Gasteiger partial charge on any atom is -0.373 e. The molecule has 0 saturated carbocycles. The van der Waals surface area contributed by atoms with Crippen LogP contribution in [0, 0.1) is 12.8 Å². The van der Waals surface area contributed by atoms with Gasteiger partial charge in [0.25, 0.3) is 0 Å². The van der Waals surface area contributed by atoms with Crippen molar-refractivity contribution in [2.24, 2.45) is 5.92 Å². The van der Waals surface area contributed by atoms with E-state index in [0.717, 1.165) is 30.7 Å². The molecule has 2 atom stereocenters. The van der Waals surface area contributed by atoms with Gasteiger partial charge in [0, 0.05) is 29.5 Å². The number of hydrogen-bond donors (Lipinski definition) is 0. The number of aromatic nitrogens is 1. The molecule has 100 valence electrons. The Morgan fingerprint density at radius 3 is 3.05 bits per heavy atom. The molecule has 0 spiro atoms. The van der Waals surface area contributed by atoms with Crippen LogP contribution in [0.1, 0.15) is 30.2 Å². The monoisotopic (exact) mass is 275 g/mol. The van der Waals surface area contributed by atoms with Gasteiger partial charge in [-0.2, -0.15) is 0 Å². The Morgan fingerprint density at radius 1 is 1.37 bits per heavy atom. The third kappa shape index (κ3) is 2.47. The smallest absolute Gasteiger partial charge is 0.0871 e. The van der Waals surface area contributed by atoms with Crippen LogP contribution in [-0.4, -0.2) is 17.5 Å². The predicted octanol–water partition coefficient (Wildman–Crippen LogP) is 4.25. The van der Waals surface area contributed by atoms with Gasteiger partial charge in [-0.15, -0.1) is 11.6 Å². The van der Waals surface area contributed by atoms with E-state index in [-0.39, 0.29) is 6.10 Å². The molecular weight excluding hydrogens is 258 g/mol. The molecule has 1 aromatic carbocycles. The summed E-state index contributed by atoms with van der Waals surface area (Å²) in [6.07, 6.45) is 2.36. The van der Waals surface area contributed by atoms with Crippen LogP contribution in [0.25, 0.3) is 10.9 Å². The van der Waals surface area contributed by atoms with Crippen molar-refractivity contribution in [3.8, 4) is 0 Å². The van der Waals surface area contributed by atoms with E-state index in [1.54, 1.807) is 0 Å². The molecule has 19 heavy (non-hydrogen) atoms. The summed E-state index contributed by atoms with van der Waals surface area (Å²) in [6, 6.07) is 10.4. The number of alkyl halides is 1. The van der Waals surface area contributed by atoms with E-state index in [1.165, 1.54) is 10.9 Å². The van der Waals surface area contributed by atoms with Gasteiger partial charge in [0.1, 0.15) is 0 Å². The lowest BCUT2D eigenvalue weighted by Crippen LogP contribution is -2.24. The molecule has 0 N–H and O–H groups in total. The number of rotatable bonds is 2. The summed E-state index contributed by atoms with van der Waals surface area (Å²) in [5.41, 5.74) is 3.32. The van der Waals surface area contributed by atoms with Crippen LogP contribution in [0.2, 0.25) is 0 Å². The summed E-state index contributed by atoms with van der Waals surface area (Å²) in [4.78, 5) is 4.59. The number of hydrogen-bond acceptors (Lipinski definition) is 2. The molecule has 0 aliphatic carbocycles. The molecule has 2 nitrogen and oxygen atoms in total. The Balaban J connectivity index is 2.12. The third-order valence-electron chi connectivity index (χ3n) is 3.83. The molecule has 3 rings (SSSR count). The molecule has 1 aliphatic rings. The molecule has 3 heteroatoms. The van der Waals surface area contributed by atoms with Crippen LogP contribution < -0.4 is 0 Å². The Labute approximate surface area is 118 Å². The molecule has 0 bridgehead atoms. The molecule has 0 amide bonds. The Kier molecular flexibility index (Phi) is 3.72. The topological polar surface area (TPSA) is 22.1 Å². The van der Waals surface area contributed by atoms with Crippen molar-refractivity contribution in [2.45, 2.75) is 25.9 Å². The number of halogens is 1. The zero-order valence-electron chi connectivity index (χ0n) is 11.1. The summed E-state index contributed by atoms with van der Waals surface area (Å²) in [6.45, 7) is 2.86. The number of fused-ring (bicyclic) bond motifs is 1. The highest BCUT2D eigenvalue weighted by Gasteiger charge is 2.28. The average molecular weight is 276 g/mol. The Hall–Kier alpha value is -1.12. The number of benzene rings is 1. The molecule has 2 heterocycles. The van der Waals surface area contributed by atoms with E-state index in [1.807, 2.05) is 13.0 Å². The summed E-state index contributed by atoms with van der Waals surface area (Å²) in [5, 5.41) is 1.19. The van der Waals surface area contributed by atoms with Gasteiger partial charge in [-0.25, -0.2) is 0 Å². The van der Waals surface area contributed by atoms with E-state index in [9.17, 15) is 0 Å². The van der Waals surface area contributed by atoms with Gasteiger partial charge in [-0.1, -0.05) is 18.2 Å². The second-order valence-electron chi connectivity index (χ2n) is 5.22. The van der Waals surface area contributed by atoms with Crippen LogP contribution in [-0.2, 0) is 4.74 Å². The summed E-state index contributed by atoms with van der Waals surface area (Å²) >= 11 is 6.12. The van der Waals surface area contributed by atoms with Crippen molar-refractivity contribution in [3.63, 3.8) is 0 Å². The van der Waals surface area contributed by atoms with Crippen molar-refractivity contribution in [1.82, 2.24) is 4.98 Å². The van der Waals surface area contributed by atoms with Gasteiger partial charge >= 0.3 is 0 Å². The maximum absolute atomic E-state index is 6.12. The van der Waals surface area contributed by atoms with Crippen molar-refractivity contribution in [1.29, 1.82) is 0 Å². The first-order valence-corrected chi connectivity index (χ1v) is 7.37. The van der Waals surface area contributed by atoms with Gasteiger partial charge in [0.05, 0.1) is 11.6 Å². The number of para-hydroxylation sites is 1. The van der Waals surface area contributed by atoms with Crippen molar-refractivity contribution in [3.05, 3.63) is 41.6 Å². The summed E-state index contributed by atoms with van der Waals surface area (Å²) in [5.74, 6) is 1.06. The van der Waals surface area contributed by atoms with Gasteiger partial charge in [0.15, 0.2) is 0 Å². The summed E-state index contributed by atoms with van der Waals surface area (Å²) in [7, 11) is 0.